The Kier molecular flexibility index (Phi) is 4.80. The molecule has 19 heavy (non-hydrogen) atoms. The van der Waals surface area contributed by atoms with Crippen LogP contribution < -0.4 is 11.1 Å². The van der Waals surface area contributed by atoms with E-state index in [0.29, 0.717) is 12.1 Å². The Morgan fingerprint density at radius 2 is 2.21 bits per heavy atom. The Morgan fingerprint density at radius 1 is 1.42 bits per heavy atom. The van der Waals surface area contributed by atoms with Crippen LogP contribution in [0.1, 0.15) is 32.6 Å². The molecule has 1 fully saturated rings. The van der Waals surface area contributed by atoms with Crippen molar-refractivity contribution in [2.24, 2.45) is 0 Å². The second-order valence-corrected chi connectivity index (χ2v) is 5.19. The van der Waals surface area contributed by atoms with E-state index >= 15 is 0 Å². The van der Waals surface area contributed by atoms with Crippen LogP contribution in [-0.4, -0.2) is 29.9 Å². The molecule has 0 radical (unpaired) electrons. The highest BCUT2D eigenvalue weighted by Crippen LogP contribution is 2.26. The topological polar surface area (TPSA) is 58.4 Å². The van der Waals surface area contributed by atoms with Crippen molar-refractivity contribution < 1.29 is 4.79 Å². The van der Waals surface area contributed by atoms with Gasteiger partial charge in [-0.15, -0.1) is 0 Å². The zero-order valence-corrected chi connectivity index (χ0v) is 11.6. The number of carbonyl (C=O) groups is 1. The van der Waals surface area contributed by atoms with Crippen LogP contribution in [0.5, 0.6) is 0 Å². The monoisotopic (exact) mass is 261 g/mol. The van der Waals surface area contributed by atoms with E-state index in [9.17, 15) is 4.79 Å². The van der Waals surface area contributed by atoms with Gasteiger partial charge in [0.2, 0.25) is 5.91 Å². The van der Waals surface area contributed by atoms with Crippen molar-refractivity contribution in [2.45, 2.75) is 38.6 Å². The number of amides is 1. The molecule has 104 valence electrons. The van der Waals surface area contributed by atoms with Crippen molar-refractivity contribution >= 4 is 17.3 Å². The van der Waals surface area contributed by atoms with E-state index in [2.05, 4.69) is 17.1 Å². The lowest BCUT2D eigenvalue weighted by Crippen LogP contribution is -2.30. The Hall–Kier alpha value is -1.55. The average molecular weight is 261 g/mol. The van der Waals surface area contributed by atoms with Gasteiger partial charge in [-0.25, -0.2) is 0 Å². The fourth-order valence-corrected chi connectivity index (χ4v) is 2.29. The molecule has 1 aliphatic carbocycles. The van der Waals surface area contributed by atoms with Crippen LogP contribution in [0.15, 0.2) is 24.3 Å². The molecule has 0 unspecified atom stereocenters. The summed E-state index contributed by atoms with van der Waals surface area (Å²) in [7, 11) is 0. The van der Waals surface area contributed by atoms with Gasteiger partial charge in [0, 0.05) is 30.4 Å². The first-order valence-electron chi connectivity index (χ1n) is 7.08. The van der Waals surface area contributed by atoms with Crippen molar-refractivity contribution in [3.63, 3.8) is 0 Å². The maximum Gasteiger partial charge on any atom is 0.225 e. The number of hydrogen-bond acceptors (Lipinski definition) is 3. The van der Waals surface area contributed by atoms with Gasteiger partial charge >= 0.3 is 0 Å². The van der Waals surface area contributed by atoms with Crippen LogP contribution >= 0.6 is 0 Å². The van der Waals surface area contributed by atoms with Crippen molar-refractivity contribution in [3.05, 3.63) is 24.3 Å². The second kappa shape index (κ2) is 6.57. The third-order valence-electron chi connectivity index (χ3n) is 3.37. The zero-order chi connectivity index (χ0) is 13.7. The molecule has 1 aliphatic rings. The molecule has 0 heterocycles. The molecule has 1 aromatic carbocycles. The molecular formula is C15H23N3O. The minimum Gasteiger partial charge on any atom is -0.399 e. The third kappa shape index (κ3) is 4.56. The summed E-state index contributed by atoms with van der Waals surface area (Å²) < 4.78 is 0. The zero-order valence-electron chi connectivity index (χ0n) is 11.6. The highest BCUT2D eigenvalue weighted by atomic mass is 16.1. The number of carbonyl (C=O) groups excluding carboxylic acids is 1. The quantitative estimate of drug-likeness (QED) is 0.741. The first kappa shape index (κ1) is 13.9. The lowest BCUT2D eigenvalue weighted by molar-refractivity contribution is -0.116. The van der Waals surface area contributed by atoms with Gasteiger partial charge in [0.05, 0.1) is 0 Å². The molecule has 1 saturated carbocycles. The summed E-state index contributed by atoms with van der Waals surface area (Å²) in [6, 6.07) is 8.02. The number of nitrogens with one attached hydrogen (secondary N) is 1. The van der Waals surface area contributed by atoms with Gasteiger partial charge in [-0.2, -0.15) is 0 Å². The maximum atomic E-state index is 11.9. The van der Waals surface area contributed by atoms with E-state index in [4.69, 9.17) is 5.73 Å². The lowest BCUT2D eigenvalue weighted by atomic mass is 10.2. The molecule has 0 saturated heterocycles. The molecule has 1 amide bonds. The highest BCUT2D eigenvalue weighted by molar-refractivity contribution is 5.91. The number of anilines is 2. The number of rotatable bonds is 7. The Labute approximate surface area is 115 Å². The molecule has 0 spiro atoms. The molecule has 3 N–H and O–H groups in total. The summed E-state index contributed by atoms with van der Waals surface area (Å²) >= 11 is 0. The van der Waals surface area contributed by atoms with Gasteiger partial charge < -0.3 is 11.1 Å². The largest absolute Gasteiger partial charge is 0.399 e. The molecule has 4 heteroatoms. The Balaban J connectivity index is 1.77. The number of hydrogen-bond donors (Lipinski definition) is 2. The van der Waals surface area contributed by atoms with Crippen LogP contribution in [-0.2, 0) is 4.79 Å². The highest BCUT2D eigenvalue weighted by Gasteiger charge is 2.28. The summed E-state index contributed by atoms with van der Waals surface area (Å²) in [5, 5.41) is 2.89. The van der Waals surface area contributed by atoms with Crippen LogP contribution in [0.4, 0.5) is 11.4 Å². The van der Waals surface area contributed by atoms with Gasteiger partial charge in [-0.05, 0) is 44.0 Å². The van der Waals surface area contributed by atoms with E-state index in [1.54, 1.807) is 6.07 Å². The smallest absolute Gasteiger partial charge is 0.225 e. The van der Waals surface area contributed by atoms with E-state index in [-0.39, 0.29) is 5.91 Å². The second-order valence-electron chi connectivity index (χ2n) is 5.19. The van der Waals surface area contributed by atoms with Crippen LogP contribution in [0.3, 0.4) is 0 Å². The van der Waals surface area contributed by atoms with E-state index < -0.39 is 0 Å². The predicted octanol–water partition coefficient (Wildman–Crippen LogP) is 2.47. The molecular weight excluding hydrogens is 238 g/mol. The standard InChI is InChI=1S/C15H23N3O/c1-2-9-18(14-6-7-14)10-8-15(19)17-13-5-3-4-12(16)11-13/h3-5,11,14H,2,6-10,16H2,1H3,(H,17,19). The Bertz CT molecular complexity index is 429. The van der Waals surface area contributed by atoms with Gasteiger partial charge in [0.15, 0.2) is 0 Å². The summed E-state index contributed by atoms with van der Waals surface area (Å²) in [4.78, 5) is 14.3. The van der Waals surface area contributed by atoms with Gasteiger partial charge in [0.25, 0.3) is 0 Å². The van der Waals surface area contributed by atoms with Gasteiger partial charge in [-0.1, -0.05) is 13.0 Å². The number of nitrogen functional groups attached to an aromatic ring is 1. The molecule has 0 aliphatic heterocycles. The number of benzene rings is 1. The number of nitrogens with two attached hydrogens (primary N) is 1. The van der Waals surface area contributed by atoms with Crippen molar-refractivity contribution in [1.29, 1.82) is 0 Å². The SMILES string of the molecule is CCCN(CCC(=O)Nc1cccc(N)c1)C1CC1. The van der Waals surface area contributed by atoms with E-state index in [1.807, 2.05) is 18.2 Å². The van der Waals surface area contributed by atoms with Crippen LogP contribution in [0.2, 0.25) is 0 Å². The van der Waals surface area contributed by atoms with E-state index in [1.165, 1.54) is 12.8 Å². The first-order valence-corrected chi connectivity index (χ1v) is 7.08. The summed E-state index contributed by atoms with van der Waals surface area (Å²) in [6.07, 6.45) is 4.27. The normalized spacial score (nSPS) is 14.6. The minimum absolute atomic E-state index is 0.0624. The first-order chi connectivity index (χ1) is 9.19. The molecule has 0 bridgehead atoms. The van der Waals surface area contributed by atoms with E-state index in [0.717, 1.165) is 31.2 Å². The third-order valence-corrected chi connectivity index (χ3v) is 3.37. The average Bonchev–Trinajstić information content (AvgIpc) is 3.18. The summed E-state index contributed by atoms with van der Waals surface area (Å²) in [5.41, 5.74) is 7.13. The fourth-order valence-electron chi connectivity index (χ4n) is 2.29. The fraction of sp³-hybridized carbons (Fsp3) is 0.533. The minimum atomic E-state index is 0.0624. The molecule has 0 atom stereocenters. The van der Waals surface area contributed by atoms with Crippen LogP contribution in [0, 0.1) is 0 Å². The molecule has 2 rings (SSSR count). The van der Waals surface area contributed by atoms with Crippen molar-refractivity contribution in [3.8, 4) is 0 Å². The van der Waals surface area contributed by atoms with Gasteiger partial charge in [-0.3, -0.25) is 9.69 Å². The molecule has 1 aromatic rings. The van der Waals surface area contributed by atoms with Gasteiger partial charge in [0.1, 0.15) is 0 Å². The molecule has 0 aromatic heterocycles. The van der Waals surface area contributed by atoms with Crippen LogP contribution in [0.25, 0.3) is 0 Å². The van der Waals surface area contributed by atoms with Crippen molar-refractivity contribution in [1.82, 2.24) is 4.90 Å². The summed E-state index contributed by atoms with van der Waals surface area (Å²) in [6.45, 7) is 4.13. The number of nitrogens with zero attached hydrogens (tertiary/aromatic N) is 1. The van der Waals surface area contributed by atoms with Crippen molar-refractivity contribution in [2.75, 3.05) is 24.1 Å². The Morgan fingerprint density at radius 3 is 2.84 bits per heavy atom. The predicted molar refractivity (Wildman–Crippen MR) is 79.0 cm³/mol. The summed E-state index contributed by atoms with van der Waals surface area (Å²) in [5.74, 6) is 0.0624. The molecule has 4 nitrogen and oxygen atoms in total. The maximum absolute atomic E-state index is 11.9. The lowest BCUT2D eigenvalue weighted by Gasteiger charge is -2.20.